The highest BCUT2D eigenvalue weighted by Crippen LogP contribution is 2.46. The van der Waals surface area contributed by atoms with E-state index in [-0.39, 0.29) is 19.1 Å². The Morgan fingerprint density at radius 3 is 1.73 bits per heavy atom. The molecule has 2 saturated carbocycles. The van der Waals surface area contributed by atoms with Crippen LogP contribution < -0.4 is 4.74 Å². The van der Waals surface area contributed by atoms with Crippen molar-refractivity contribution in [3.05, 3.63) is 52.6 Å². The van der Waals surface area contributed by atoms with Crippen LogP contribution in [0.5, 0.6) is 5.75 Å². The number of rotatable bonds is 6. The fourth-order valence-corrected chi connectivity index (χ4v) is 6.64. The van der Waals surface area contributed by atoms with Gasteiger partial charge in [0.2, 0.25) is 0 Å². The molecule has 0 amide bonds. The van der Waals surface area contributed by atoms with Crippen molar-refractivity contribution in [3.63, 3.8) is 0 Å². The van der Waals surface area contributed by atoms with Crippen LogP contribution in [0.4, 0.5) is 26.3 Å². The van der Waals surface area contributed by atoms with Gasteiger partial charge in [0.15, 0.2) is 6.29 Å². The minimum Gasteiger partial charge on any atom is -0.432 e. The normalized spacial score (nSPS) is 29.8. The fourth-order valence-electron chi connectivity index (χ4n) is 6.53. The number of halogens is 7. The second kappa shape index (κ2) is 12.1. The molecule has 3 nitrogen and oxygen atoms in total. The van der Waals surface area contributed by atoms with Crippen molar-refractivity contribution in [2.24, 2.45) is 29.6 Å². The smallest absolute Gasteiger partial charge is 0.400 e. The Morgan fingerprint density at radius 1 is 0.725 bits per heavy atom. The van der Waals surface area contributed by atoms with Crippen LogP contribution in [0, 0.1) is 52.9 Å². The standard InChI is InChI=1S/C30H33ClF6O3/c1-16-14-38-29(39-15-16)19-4-2-17(3-5-19)18-6-8-21(9-7-18)30(36,37)40-22-12-23(32)27(24(33)13-22)20-10-25(34)28(31)26(35)11-20/h10-13,16-19,21,29H,2-9,14-15H2,1H3. The molecule has 0 bridgehead atoms. The van der Waals surface area contributed by atoms with Gasteiger partial charge in [-0.05, 0) is 80.9 Å². The lowest BCUT2D eigenvalue weighted by Gasteiger charge is -2.41. The van der Waals surface area contributed by atoms with E-state index in [9.17, 15) is 17.6 Å². The first-order chi connectivity index (χ1) is 19.0. The van der Waals surface area contributed by atoms with Crippen LogP contribution in [0.3, 0.4) is 0 Å². The van der Waals surface area contributed by atoms with Crippen molar-refractivity contribution in [2.75, 3.05) is 13.2 Å². The topological polar surface area (TPSA) is 27.7 Å². The molecule has 220 valence electrons. The number of hydrogen-bond acceptors (Lipinski definition) is 3. The van der Waals surface area contributed by atoms with Crippen LogP contribution in [-0.2, 0) is 9.47 Å². The van der Waals surface area contributed by atoms with Crippen molar-refractivity contribution in [1.82, 2.24) is 0 Å². The van der Waals surface area contributed by atoms with Gasteiger partial charge in [-0.15, -0.1) is 0 Å². The van der Waals surface area contributed by atoms with Crippen LogP contribution in [-0.4, -0.2) is 25.6 Å². The van der Waals surface area contributed by atoms with Crippen LogP contribution in [0.15, 0.2) is 24.3 Å². The average molecular weight is 591 g/mol. The Kier molecular flexibility index (Phi) is 8.93. The van der Waals surface area contributed by atoms with Gasteiger partial charge < -0.3 is 14.2 Å². The third-order valence-corrected chi connectivity index (χ3v) is 9.11. The summed E-state index contributed by atoms with van der Waals surface area (Å²) >= 11 is 5.43. The number of benzene rings is 2. The first-order valence-corrected chi connectivity index (χ1v) is 14.3. The summed E-state index contributed by atoms with van der Waals surface area (Å²) in [6.45, 7) is 3.53. The van der Waals surface area contributed by atoms with Crippen LogP contribution in [0.2, 0.25) is 5.02 Å². The van der Waals surface area contributed by atoms with Gasteiger partial charge in [-0.3, -0.25) is 0 Å². The van der Waals surface area contributed by atoms with Gasteiger partial charge >= 0.3 is 6.11 Å². The van der Waals surface area contributed by atoms with Crippen LogP contribution in [0.1, 0.15) is 58.3 Å². The van der Waals surface area contributed by atoms with Gasteiger partial charge in [0.05, 0.1) is 24.7 Å². The van der Waals surface area contributed by atoms with Crippen molar-refractivity contribution < 1.29 is 40.6 Å². The summed E-state index contributed by atoms with van der Waals surface area (Å²) < 4.78 is 104. The Bertz CT molecular complexity index is 1140. The number of hydrogen-bond donors (Lipinski definition) is 0. The predicted molar refractivity (Wildman–Crippen MR) is 138 cm³/mol. The van der Waals surface area contributed by atoms with Crippen molar-refractivity contribution in [1.29, 1.82) is 0 Å². The van der Waals surface area contributed by atoms with Gasteiger partial charge in [-0.1, -0.05) is 18.5 Å². The third-order valence-electron chi connectivity index (χ3n) is 8.75. The average Bonchev–Trinajstić information content (AvgIpc) is 2.92. The van der Waals surface area contributed by atoms with Gasteiger partial charge in [0.25, 0.3) is 0 Å². The van der Waals surface area contributed by atoms with E-state index in [4.69, 9.17) is 25.8 Å². The Morgan fingerprint density at radius 2 is 1.20 bits per heavy atom. The van der Waals surface area contributed by atoms with Crippen molar-refractivity contribution >= 4 is 11.6 Å². The second-order valence-electron chi connectivity index (χ2n) is 11.6. The molecular weight excluding hydrogens is 558 g/mol. The molecule has 5 rings (SSSR count). The van der Waals surface area contributed by atoms with E-state index in [0.29, 0.717) is 60.8 Å². The molecule has 10 heteroatoms. The molecule has 2 aromatic carbocycles. The van der Waals surface area contributed by atoms with Crippen molar-refractivity contribution in [3.8, 4) is 16.9 Å². The zero-order valence-electron chi connectivity index (χ0n) is 22.2. The summed E-state index contributed by atoms with van der Waals surface area (Å²) in [6, 6.07) is 2.54. The molecule has 2 aliphatic carbocycles. The van der Waals surface area contributed by atoms with E-state index in [1.54, 1.807) is 0 Å². The molecule has 1 aliphatic heterocycles. The van der Waals surface area contributed by atoms with Gasteiger partial charge in [-0.25, -0.2) is 17.6 Å². The summed E-state index contributed by atoms with van der Waals surface area (Å²) in [5, 5.41) is -0.815. The Labute approximate surface area is 235 Å². The van der Waals surface area contributed by atoms with E-state index < -0.39 is 57.2 Å². The van der Waals surface area contributed by atoms with E-state index in [2.05, 4.69) is 6.92 Å². The zero-order valence-corrected chi connectivity index (χ0v) is 23.0. The summed E-state index contributed by atoms with van der Waals surface area (Å²) in [7, 11) is 0. The molecule has 3 aliphatic rings. The molecule has 0 aromatic heterocycles. The van der Waals surface area contributed by atoms with E-state index in [0.717, 1.165) is 38.9 Å². The van der Waals surface area contributed by atoms with Crippen LogP contribution >= 0.6 is 11.6 Å². The van der Waals surface area contributed by atoms with E-state index in [1.165, 1.54) is 0 Å². The lowest BCUT2D eigenvalue weighted by molar-refractivity contribution is -0.229. The Balaban J connectivity index is 1.16. The quantitative estimate of drug-likeness (QED) is 0.248. The molecule has 2 aromatic rings. The maximum Gasteiger partial charge on any atom is 0.400 e. The lowest BCUT2D eigenvalue weighted by atomic mass is 9.69. The largest absolute Gasteiger partial charge is 0.432 e. The molecule has 0 N–H and O–H groups in total. The molecule has 0 atom stereocenters. The molecule has 1 heterocycles. The molecule has 40 heavy (non-hydrogen) atoms. The highest BCUT2D eigenvalue weighted by atomic mass is 35.5. The van der Waals surface area contributed by atoms with Gasteiger partial charge in [-0.2, -0.15) is 8.78 Å². The molecular formula is C30H33ClF6O3. The van der Waals surface area contributed by atoms with Gasteiger partial charge in [0.1, 0.15) is 34.0 Å². The van der Waals surface area contributed by atoms with Gasteiger partial charge in [0, 0.05) is 24.0 Å². The molecule has 0 radical (unpaired) electrons. The monoisotopic (exact) mass is 590 g/mol. The predicted octanol–water partition coefficient (Wildman–Crippen LogP) is 9.16. The highest BCUT2D eigenvalue weighted by Gasteiger charge is 2.45. The van der Waals surface area contributed by atoms with Crippen molar-refractivity contribution in [2.45, 2.75) is 70.7 Å². The van der Waals surface area contributed by atoms with E-state index >= 15 is 8.78 Å². The molecule has 1 saturated heterocycles. The lowest BCUT2D eigenvalue weighted by Crippen LogP contribution is -2.40. The first-order valence-electron chi connectivity index (χ1n) is 14.0. The summed E-state index contributed by atoms with van der Waals surface area (Å²) in [5.74, 6) is -5.13. The number of alkyl halides is 2. The molecule has 0 spiro atoms. The fraction of sp³-hybridized carbons (Fsp3) is 0.600. The summed E-state index contributed by atoms with van der Waals surface area (Å²) in [5.41, 5.74) is -1.22. The van der Waals surface area contributed by atoms with Crippen LogP contribution in [0.25, 0.3) is 11.1 Å². The Hall–Kier alpha value is -1.97. The zero-order chi connectivity index (χ0) is 28.6. The van der Waals surface area contributed by atoms with E-state index in [1.807, 2.05) is 0 Å². The minimum absolute atomic E-state index is 0.138. The first kappa shape index (κ1) is 29.5. The SMILES string of the molecule is CC1COC(C2CCC(C3CCC(C(F)(F)Oc4cc(F)c(-c5cc(F)c(Cl)c(F)c5)c(F)c4)CC3)CC2)OC1. The number of ether oxygens (including phenoxy) is 3. The minimum atomic E-state index is -3.63. The summed E-state index contributed by atoms with van der Waals surface area (Å²) in [4.78, 5) is 0. The molecule has 0 unspecified atom stereocenters. The maximum absolute atomic E-state index is 15.1. The second-order valence-corrected chi connectivity index (χ2v) is 12.0. The maximum atomic E-state index is 15.1. The highest BCUT2D eigenvalue weighted by molar-refractivity contribution is 6.31. The molecule has 3 fully saturated rings. The summed E-state index contributed by atoms with van der Waals surface area (Å²) in [6.07, 6.45) is 2.07. The third kappa shape index (κ3) is 6.41.